The van der Waals surface area contributed by atoms with E-state index in [9.17, 15) is 18.3 Å². The van der Waals surface area contributed by atoms with Crippen molar-refractivity contribution in [3.05, 3.63) is 82.9 Å². The van der Waals surface area contributed by atoms with Crippen LogP contribution in [0.2, 0.25) is 0 Å². The maximum Gasteiger partial charge on any atom is 0.416 e. The molecule has 1 aliphatic heterocycles. The minimum absolute atomic E-state index is 0.232. The number of alkyl halides is 3. The average Bonchev–Trinajstić information content (AvgIpc) is 2.97. The van der Waals surface area contributed by atoms with Gasteiger partial charge in [-0.2, -0.15) is 13.2 Å². The number of aromatic hydroxyl groups is 1. The van der Waals surface area contributed by atoms with E-state index in [-0.39, 0.29) is 5.75 Å². The first kappa shape index (κ1) is 30.6. The van der Waals surface area contributed by atoms with E-state index in [1.54, 1.807) is 18.2 Å². The molecule has 41 heavy (non-hydrogen) atoms. The van der Waals surface area contributed by atoms with Gasteiger partial charge in [-0.25, -0.2) is 0 Å². The second-order valence-electron chi connectivity index (χ2n) is 10.6. The molecular formula is C33H42F3N3O2. The van der Waals surface area contributed by atoms with Crippen molar-refractivity contribution in [3.8, 4) is 11.5 Å². The van der Waals surface area contributed by atoms with Crippen LogP contribution in [0.1, 0.15) is 61.8 Å². The Balaban J connectivity index is 1.44. The molecule has 0 atom stereocenters. The van der Waals surface area contributed by atoms with Crippen molar-refractivity contribution in [2.24, 2.45) is 0 Å². The molecule has 0 saturated heterocycles. The largest absolute Gasteiger partial charge is 0.508 e. The summed E-state index contributed by atoms with van der Waals surface area (Å²) in [6.45, 7) is 8.80. The van der Waals surface area contributed by atoms with Crippen molar-refractivity contribution < 1.29 is 23.0 Å². The van der Waals surface area contributed by atoms with Crippen LogP contribution < -0.4 is 19.9 Å². The van der Waals surface area contributed by atoms with Gasteiger partial charge in [0, 0.05) is 32.7 Å². The van der Waals surface area contributed by atoms with Crippen molar-refractivity contribution in [1.82, 2.24) is 5.32 Å². The van der Waals surface area contributed by atoms with Gasteiger partial charge in [0.15, 0.2) is 0 Å². The number of anilines is 2. The van der Waals surface area contributed by atoms with Gasteiger partial charge in [0.1, 0.15) is 18.1 Å². The van der Waals surface area contributed by atoms with Crippen molar-refractivity contribution in [3.63, 3.8) is 0 Å². The summed E-state index contributed by atoms with van der Waals surface area (Å²) in [6, 6.07) is 17.2. The Bertz CT molecular complexity index is 1250. The van der Waals surface area contributed by atoms with Crippen molar-refractivity contribution in [2.75, 3.05) is 42.6 Å². The van der Waals surface area contributed by atoms with Crippen LogP contribution in [0.3, 0.4) is 0 Å². The van der Waals surface area contributed by atoms with Crippen molar-refractivity contribution in [1.29, 1.82) is 0 Å². The number of phenols is 1. The SMILES string of the molecule is CCCCCCNCCOc1ccc(CN(CC)c2cc(C(F)(F)F)ccc2N2CCc3cc(O)ccc3C2)cc1. The molecule has 3 aromatic rings. The Morgan fingerprint density at radius 3 is 2.46 bits per heavy atom. The monoisotopic (exact) mass is 569 g/mol. The third-order valence-corrected chi connectivity index (χ3v) is 7.62. The molecule has 8 heteroatoms. The molecule has 0 saturated carbocycles. The Morgan fingerprint density at radius 2 is 1.73 bits per heavy atom. The number of ether oxygens (including phenoxy) is 1. The summed E-state index contributed by atoms with van der Waals surface area (Å²) in [5, 5.41) is 13.3. The van der Waals surface area contributed by atoms with E-state index >= 15 is 0 Å². The molecule has 2 N–H and O–H groups in total. The van der Waals surface area contributed by atoms with Gasteiger partial charge in [-0.15, -0.1) is 0 Å². The number of hydrogen-bond donors (Lipinski definition) is 2. The number of rotatable bonds is 14. The topological polar surface area (TPSA) is 48.0 Å². The lowest BCUT2D eigenvalue weighted by Gasteiger charge is -2.35. The number of unbranched alkanes of at least 4 members (excludes halogenated alkanes) is 3. The standard InChI is InChI=1S/C33H42F3N3O2/c1-3-5-6-7-17-37-18-20-41-30-13-8-25(9-14-30)23-38(4-2)32-22-28(33(34,35)36)11-15-31(32)39-19-16-26-21-29(40)12-10-27(26)24-39/h8-15,21-22,37,40H,3-7,16-20,23-24H2,1-2H3. The van der Waals surface area contributed by atoms with E-state index in [1.165, 1.54) is 37.8 Å². The van der Waals surface area contributed by atoms with Crippen LogP contribution in [-0.4, -0.2) is 37.9 Å². The Kier molecular flexibility index (Phi) is 10.8. The fourth-order valence-electron chi connectivity index (χ4n) is 5.29. The lowest BCUT2D eigenvalue weighted by Crippen LogP contribution is -2.33. The Labute approximate surface area is 241 Å². The van der Waals surface area contributed by atoms with Crippen LogP contribution in [0.25, 0.3) is 0 Å². The number of benzene rings is 3. The van der Waals surface area contributed by atoms with Gasteiger partial charge in [0.25, 0.3) is 0 Å². The van der Waals surface area contributed by atoms with Crippen LogP contribution in [0.5, 0.6) is 11.5 Å². The van der Waals surface area contributed by atoms with Gasteiger partial charge in [0.2, 0.25) is 0 Å². The predicted molar refractivity (Wildman–Crippen MR) is 160 cm³/mol. The highest BCUT2D eigenvalue weighted by atomic mass is 19.4. The highest BCUT2D eigenvalue weighted by Gasteiger charge is 2.32. The summed E-state index contributed by atoms with van der Waals surface area (Å²) < 4.78 is 47.2. The second kappa shape index (κ2) is 14.5. The first-order valence-electron chi connectivity index (χ1n) is 14.7. The third kappa shape index (κ3) is 8.55. The number of fused-ring (bicyclic) bond motifs is 1. The summed E-state index contributed by atoms with van der Waals surface area (Å²) in [4.78, 5) is 4.13. The molecule has 0 aromatic heterocycles. The predicted octanol–water partition coefficient (Wildman–Crippen LogP) is 7.55. The summed E-state index contributed by atoms with van der Waals surface area (Å²) >= 11 is 0. The van der Waals surface area contributed by atoms with E-state index < -0.39 is 11.7 Å². The summed E-state index contributed by atoms with van der Waals surface area (Å²) in [6.07, 6.45) is 1.22. The smallest absolute Gasteiger partial charge is 0.416 e. The number of phenolic OH excluding ortho intramolecular Hbond substituents is 1. The lowest BCUT2D eigenvalue weighted by molar-refractivity contribution is -0.137. The van der Waals surface area contributed by atoms with Gasteiger partial charge < -0.3 is 25.0 Å². The molecule has 0 amide bonds. The first-order valence-corrected chi connectivity index (χ1v) is 14.7. The average molecular weight is 570 g/mol. The number of halogens is 3. The molecule has 0 aliphatic carbocycles. The fraction of sp³-hybridized carbons (Fsp3) is 0.455. The maximum atomic E-state index is 13.8. The van der Waals surface area contributed by atoms with E-state index in [4.69, 9.17) is 4.74 Å². The Hall–Kier alpha value is -3.39. The van der Waals surface area contributed by atoms with Gasteiger partial charge in [-0.3, -0.25) is 0 Å². The maximum absolute atomic E-state index is 13.8. The molecule has 3 aromatic carbocycles. The fourth-order valence-corrected chi connectivity index (χ4v) is 5.29. The minimum Gasteiger partial charge on any atom is -0.508 e. The summed E-state index contributed by atoms with van der Waals surface area (Å²) in [5.41, 5.74) is 3.84. The molecule has 0 spiro atoms. The molecule has 0 bridgehead atoms. The molecule has 0 unspecified atom stereocenters. The van der Waals surface area contributed by atoms with Crippen LogP contribution in [0.15, 0.2) is 60.7 Å². The molecule has 5 nitrogen and oxygen atoms in total. The van der Waals surface area contributed by atoms with Crippen LogP contribution in [0.4, 0.5) is 24.5 Å². The van der Waals surface area contributed by atoms with Gasteiger partial charge in [0.05, 0.1) is 16.9 Å². The molecule has 0 radical (unpaired) electrons. The zero-order chi connectivity index (χ0) is 29.2. The van der Waals surface area contributed by atoms with Gasteiger partial charge >= 0.3 is 6.18 Å². The highest BCUT2D eigenvalue weighted by molar-refractivity contribution is 5.73. The number of nitrogens with zero attached hydrogens (tertiary/aromatic N) is 2. The third-order valence-electron chi connectivity index (χ3n) is 7.62. The van der Waals surface area contributed by atoms with E-state index in [0.29, 0.717) is 44.9 Å². The molecule has 4 rings (SSSR count). The number of hydrogen-bond acceptors (Lipinski definition) is 5. The number of nitrogens with one attached hydrogen (secondary N) is 1. The molecular weight excluding hydrogens is 527 g/mol. The van der Waals surface area contributed by atoms with E-state index in [2.05, 4.69) is 17.1 Å². The molecule has 1 aliphatic rings. The van der Waals surface area contributed by atoms with Crippen molar-refractivity contribution >= 4 is 11.4 Å². The zero-order valence-corrected chi connectivity index (χ0v) is 24.1. The summed E-state index contributed by atoms with van der Waals surface area (Å²) in [7, 11) is 0. The lowest BCUT2D eigenvalue weighted by atomic mass is 9.98. The van der Waals surface area contributed by atoms with Gasteiger partial charge in [-0.1, -0.05) is 44.4 Å². The zero-order valence-electron chi connectivity index (χ0n) is 24.1. The summed E-state index contributed by atoms with van der Waals surface area (Å²) in [5.74, 6) is 1.01. The van der Waals surface area contributed by atoms with Crippen LogP contribution in [0, 0.1) is 0 Å². The molecule has 222 valence electrons. The molecule has 1 heterocycles. The minimum atomic E-state index is -4.43. The highest BCUT2D eigenvalue weighted by Crippen LogP contribution is 2.39. The normalized spacial score (nSPS) is 13.2. The second-order valence-corrected chi connectivity index (χ2v) is 10.6. The Morgan fingerprint density at radius 1 is 0.927 bits per heavy atom. The van der Waals surface area contributed by atoms with Gasteiger partial charge in [-0.05, 0) is 85.5 Å². The molecule has 0 fully saturated rings. The van der Waals surface area contributed by atoms with Crippen LogP contribution in [-0.2, 0) is 25.7 Å². The van der Waals surface area contributed by atoms with E-state index in [1.807, 2.05) is 42.2 Å². The van der Waals surface area contributed by atoms with E-state index in [0.717, 1.165) is 41.2 Å². The van der Waals surface area contributed by atoms with Crippen LogP contribution >= 0.6 is 0 Å². The van der Waals surface area contributed by atoms with Crippen molar-refractivity contribution in [2.45, 2.75) is 65.2 Å². The quantitative estimate of drug-likeness (QED) is 0.196. The first-order chi connectivity index (χ1) is 19.8.